The molecule has 3 heteroatoms. The van der Waals surface area contributed by atoms with Crippen molar-refractivity contribution in [2.24, 2.45) is 0 Å². The summed E-state index contributed by atoms with van der Waals surface area (Å²) in [5.41, 5.74) is 4.74. The van der Waals surface area contributed by atoms with Gasteiger partial charge in [0.2, 0.25) is 0 Å². The van der Waals surface area contributed by atoms with Crippen molar-refractivity contribution < 1.29 is 9.47 Å². The Kier molecular flexibility index (Phi) is 10.0. The summed E-state index contributed by atoms with van der Waals surface area (Å²) in [6.07, 6.45) is 0.990. The molecule has 0 bridgehead atoms. The largest absolute Gasteiger partial charge is 0.485 e. The van der Waals surface area contributed by atoms with Crippen LogP contribution >= 0.6 is 0 Å². The van der Waals surface area contributed by atoms with Crippen LogP contribution in [0.15, 0.2) is 109 Å². The third kappa shape index (κ3) is 7.49. The Labute approximate surface area is 229 Å². The molecule has 4 aromatic rings. The number of nitrogens with zero attached hydrogens (tertiary/aromatic N) is 1. The van der Waals surface area contributed by atoms with Crippen molar-refractivity contribution in [1.29, 1.82) is 0 Å². The summed E-state index contributed by atoms with van der Waals surface area (Å²) in [5.74, 6) is 1.80. The minimum atomic E-state index is 0.183. The summed E-state index contributed by atoms with van der Waals surface area (Å²) in [6, 6.07) is 38.8. The first kappa shape index (κ1) is 27.5. The minimum Gasteiger partial charge on any atom is -0.485 e. The molecule has 0 aliphatic carbocycles. The van der Waals surface area contributed by atoms with E-state index in [4.69, 9.17) is 9.47 Å². The first-order valence-corrected chi connectivity index (χ1v) is 13.8. The van der Waals surface area contributed by atoms with Crippen LogP contribution in [0, 0.1) is 0 Å². The lowest BCUT2D eigenvalue weighted by atomic mass is 9.87. The van der Waals surface area contributed by atoms with E-state index in [0.717, 1.165) is 35.6 Å². The fraction of sp³-hybridized carbons (Fsp3) is 0.314. The highest BCUT2D eigenvalue weighted by Gasteiger charge is 2.24. The van der Waals surface area contributed by atoms with Gasteiger partial charge in [0.25, 0.3) is 0 Å². The third-order valence-corrected chi connectivity index (χ3v) is 7.05. The van der Waals surface area contributed by atoms with E-state index in [-0.39, 0.29) is 5.92 Å². The highest BCUT2D eigenvalue weighted by molar-refractivity contribution is 5.51. The van der Waals surface area contributed by atoms with Crippen LogP contribution in [-0.4, -0.2) is 23.5 Å². The van der Waals surface area contributed by atoms with E-state index in [0.29, 0.717) is 25.3 Å². The molecule has 0 fully saturated rings. The quantitative estimate of drug-likeness (QED) is 0.181. The first-order chi connectivity index (χ1) is 18.5. The average Bonchev–Trinajstić information content (AvgIpc) is 2.94. The molecule has 0 aromatic heterocycles. The molecule has 0 aliphatic heterocycles. The van der Waals surface area contributed by atoms with Gasteiger partial charge in [-0.15, -0.1) is 0 Å². The van der Waals surface area contributed by atoms with Crippen molar-refractivity contribution in [3.8, 4) is 11.5 Å². The van der Waals surface area contributed by atoms with Gasteiger partial charge in [0.1, 0.15) is 13.2 Å². The Morgan fingerprint density at radius 3 is 1.66 bits per heavy atom. The van der Waals surface area contributed by atoms with Crippen molar-refractivity contribution in [3.05, 3.63) is 131 Å². The summed E-state index contributed by atoms with van der Waals surface area (Å²) in [7, 11) is 0. The molecule has 0 aliphatic rings. The van der Waals surface area contributed by atoms with Crippen LogP contribution in [0.2, 0.25) is 0 Å². The summed E-state index contributed by atoms with van der Waals surface area (Å²) in [6.45, 7) is 11.1. The zero-order valence-electron chi connectivity index (χ0n) is 23.2. The van der Waals surface area contributed by atoms with Gasteiger partial charge in [0.15, 0.2) is 11.5 Å². The zero-order valence-corrected chi connectivity index (χ0v) is 23.2. The molecule has 0 radical (unpaired) electrons. The van der Waals surface area contributed by atoms with Crippen LogP contribution in [-0.2, 0) is 13.2 Å². The van der Waals surface area contributed by atoms with Crippen LogP contribution in [0.25, 0.3) is 0 Å². The van der Waals surface area contributed by atoms with E-state index in [9.17, 15) is 0 Å². The van der Waals surface area contributed by atoms with Crippen LogP contribution in [0.5, 0.6) is 11.5 Å². The summed E-state index contributed by atoms with van der Waals surface area (Å²) in [5, 5.41) is 0. The number of ether oxygens (including phenoxy) is 2. The van der Waals surface area contributed by atoms with Crippen LogP contribution in [0.3, 0.4) is 0 Å². The Morgan fingerprint density at radius 1 is 0.579 bits per heavy atom. The Hall–Kier alpha value is -3.56. The molecule has 0 saturated carbocycles. The molecule has 198 valence electrons. The fourth-order valence-corrected chi connectivity index (χ4v) is 5.12. The number of para-hydroxylation sites is 1. The molecule has 0 N–H and O–H groups in total. The molecule has 0 heterocycles. The van der Waals surface area contributed by atoms with E-state index < -0.39 is 0 Å². The van der Waals surface area contributed by atoms with Gasteiger partial charge >= 0.3 is 0 Å². The highest BCUT2D eigenvalue weighted by Crippen LogP contribution is 2.41. The maximum atomic E-state index is 6.61. The second kappa shape index (κ2) is 13.8. The topological polar surface area (TPSA) is 21.7 Å². The molecule has 0 amide bonds. The maximum Gasteiger partial charge on any atom is 0.165 e. The van der Waals surface area contributed by atoms with E-state index in [1.54, 1.807) is 0 Å². The number of rotatable bonds is 13. The number of hydrogen-bond acceptors (Lipinski definition) is 3. The molecule has 4 rings (SSSR count). The van der Waals surface area contributed by atoms with Gasteiger partial charge in [-0.05, 0) is 63.4 Å². The van der Waals surface area contributed by atoms with Crippen LogP contribution < -0.4 is 9.47 Å². The first-order valence-electron chi connectivity index (χ1n) is 13.8. The van der Waals surface area contributed by atoms with Crippen molar-refractivity contribution in [1.82, 2.24) is 4.90 Å². The molecule has 3 nitrogen and oxygen atoms in total. The Morgan fingerprint density at radius 2 is 1.11 bits per heavy atom. The Bertz CT molecular complexity index is 1210. The highest BCUT2D eigenvalue weighted by atomic mass is 16.5. The van der Waals surface area contributed by atoms with Gasteiger partial charge in [0.05, 0.1) is 0 Å². The lowest BCUT2D eigenvalue weighted by Crippen LogP contribution is -2.38. The van der Waals surface area contributed by atoms with E-state index in [1.165, 1.54) is 11.1 Å². The monoisotopic (exact) mass is 507 g/mol. The van der Waals surface area contributed by atoms with Gasteiger partial charge in [0, 0.05) is 23.6 Å². The zero-order chi connectivity index (χ0) is 26.7. The van der Waals surface area contributed by atoms with E-state index in [1.807, 2.05) is 30.3 Å². The number of hydrogen-bond donors (Lipinski definition) is 0. The summed E-state index contributed by atoms with van der Waals surface area (Å²) in [4.78, 5) is 2.57. The third-order valence-electron chi connectivity index (χ3n) is 7.05. The number of benzene rings is 4. The second-order valence-corrected chi connectivity index (χ2v) is 10.4. The van der Waals surface area contributed by atoms with Crippen LogP contribution in [0.1, 0.15) is 62.3 Å². The van der Waals surface area contributed by atoms with E-state index in [2.05, 4.69) is 111 Å². The van der Waals surface area contributed by atoms with Crippen molar-refractivity contribution in [2.75, 3.05) is 6.54 Å². The second-order valence-electron chi connectivity index (χ2n) is 10.4. The van der Waals surface area contributed by atoms with Gasteiger partial charge in [-0.25, -0.2) is 0 Å². The molecule has 1 unspecified atom stereocenters. The summed E-state index contributed by atoms with van der Waals surface area (Å²) >= 11 is 0. The SMILES string of the molecule is CC(C)N(CCC(c1ccccc1)c1cccc(OCc2ccccc2)c1OCc1ccccc1)C(C)C. The lowest BCUT2D eigenvalue weighted by molar-refractivity contribution is 0.170. The Balaban J connectivity index is 1.70. The predicted molar refractivity (Wildman–Crippen MR) is 158 cm³/mol. The molecule has 1 atom stereocenters. The van der Waals surface area contributed by atoms with Gasteiger partial charge in [-0.2, -0.15) is 0 Å². The van der Waals surface area contributed by atoms with Crippen molar-refractivity contribution in [2.45, 2.75) is 65.3 Å². The van der Waals surface area contributed by atoms with Crippen LogP contribution in [0.4, 0.5) is 0 Å². The molecule has 0 saturated heterocycles. The average molecular weight is 508 g/mol. The lowest BCUT2D eigenvalue weighted by Gasteiger charge is -2.32. The maximum absolute atomic E-state index is 6.61. The van der Waals surface area contributed by atoms with Crippen molar-refractivity contribution >= 4 is 0 Å². The minimum absolute atomic E-state index is 0.183. The molecule has 0 spiro atoms. The van der Waals surface area contributed by atoms with E-state index >= 15 is 0 Å². The van der Waals surface area contributed by atoms with Gasteiger partial charge < -0.3 is 9.47 Å². The normalized spacial score (nSPS) is 12.2. The molecule has 4 aromatic carbocycles. The van der Waals surface area contributed by atoms with Crippen molar-refractivity contribution in [3.63, 3.8) is 0 Å². The predicted octanol–water partition coefficient (Wildman–Crippen LogP) is 8.49. The smallest absolute Gasteiger partial charge is 0.165 e. The molecular weight excluding hydrogens is 466 g/mol. The van der Waals surface area contributed by atoms with Gasteiger partial charge in [-0.3, -0.25) is 4.90 Å². The molecule has 38 heavy (non-hydrogen) atoms. The fourth-order valence-electron chi connectivity index (χ4n) is 5.12. The van der Waals surface area contributed by atoms with Gasteiger partial charge in [-0.1, -0.05) is 103 Å². The standard InChI is InChI=1S/C35H41NO2/c1-27(2)36(28(3)4)24-23-32(31-19-12-7-13-20-31)33-21-14-22-34(37-25-29-15-8-5-9-16-29)35(33)38-26-30-17-10-6-11-18-30/h5-22,27-28,32H,23-26H2,1-4H3. The molecular formula is C35H41NO2. The summed E-state index contributed by atoms with van der Waals surface area (Å²) < 4.78 is 13.0.